The van der Waals surface area contributed by atoms with Crippen LogP contribution in [0.25, 0.3) is 0 Å². The smallest absolute Gasteiger partial charge is 0.291 e. The highest BCUT2D eigenvalue weighted by Gasteiger charge is 2.30. The standard InChI is InChI=1S/C16H17ClN2O5S/c1-11-10-12(17)2-3-13(11)18-16(20)14-4-5-15(24-14)25(21,22)19-6-8-23-9-7-19/h2-5,10H,6-9H2,1H3,(H,18,20). The number of amides is 1. The van der Waals surface area contributed by atoms with Crippen LogP contribution in [0.15, 0.2) is 39.8 Å². The summed E-state index contributed by atoms with van der Waals surface area (Å²) < 4.78 is 36.7. The van der Waals surface area contributed by atoms with Gasteiger partial charge in [-0.25, -0.2) is 8.42 Å². The van der Waals surface area contributed by atoms with Gasteiger partial charge < -0.3 is 14.5 Å². The first-order valence-electron chi connectivity index (χ1n) is 7.63. The summed E-state index contributed by atoms with van der Waals surface area (Å²) in [5.41, 5.74) is 1.36. The van der Waals surface area contributed by atoms with Crippen molar-refractivity contribution in [2.45, 2.75) is 12.0 Å². The van der Waals surface area contributed by atoms with Gasteiger partial charge in [-0.3, -0.25) is 4.79 Å². The number of anilines is 1. The largest absolute Gasteiger partial charge is 0.438 e. The molecule has 0 saturated carbocycles. The van der Waals surface area contributed by atoms with Gasteiger partial charge in [-0.05, 0) is 42.8 Å². The van der Waals surface area contributed by atoms with E-state index in [9.17, 15) is 13.2 Å². The first-order valence-corrected chi connectivity index (χ1v) is 9.45. The average Bonchev–Trinajstić information content (AvgIpc) is 3.09. The molecule has 9 heteroatoms. The number of rotatable bonds is 4. The number of hydrogen-bond donors (Lipinski definition) is 1. The Morgan fingerprint density at radius 2 is 1.92 bits per heavy atom. The SMILES string of the molecule is Cc1cc(Cl)ccc1NC(=O)c1ccc(S(=O)(=O)N2CCOCC2)o1. The highest BCUT2D eigenvalue weighted by molar-refractivity contribution is 7.89. The monoisotopic (exact) mass is 384 g/mol. The Kier molecular flexibility index (Phi) is 5.14. The molecule has 1 N–H and O–H groups in total. The lowest BCUT2D eigenvalue weighted by molar-refractivity contribution is 0.0723. The topological polar surface area (TPSA) is 88.9 Å². The van der Waals surface area contributed by atoms with E-state index in [1.165, 1.54) is 16.4 Å². The van der Waals surface area contributed by atoms with Crippen LogP contribution in [0.1, 0.15) is 16.1 Å². The van der Waals surface area contributed by atoms with Crippen LogP contribution in [-0.4, -0.2) is 44.9 Å². The minimum absolute atomic E-state index is 0.0822. The van der Waals surface area contributed by atoms with Gasteiger partial charge in [0.2, 0.25) is 5.09 Å². The molecule has 0 radical (unpaired) electrons. The fourth-order valence-electron chi connectivity index (χ4n) is 2.45. The molecule has 0 atom stereocenters. The summed E-state index contributed by atoms with van der Waals surface area (Å²) >= 11 is 5.89. The van der Waals surface area contributed by atoms with E-state index in [1.807, 2.05) is 0 Å². The number of nitrogens with one attached hydrogen (secondary N) is 1. The summed E-state index contributed by atoms with van der Waals surface area (Å²) in [7, 11) is -3.77. The van der Waals surface area contributed by atoms with E-state index in [4.69, 9.17) is 20.8 Å². The number of morpholine rings is 1. The number of carbonyl (C=O) groups is 1. The summed E-state index contributed by atoms with van der Waals surface area (Å²) in [6.07, 6.45) is 0. The molecule has 2 aromatic rings. The molecule has 1 saturated heterocycles. The lowest BCUT2D eigenvalue weighted by Gasteiger charge is -2.24. The molecule has 1 fully saturated rings. The van der Waals surface area contributed by atoms with Crippen LogP contribution in [0.4, 0.5) is 5.69 Å². The van der Waals surface area contributed by atoms with Gasteiger partial charge in [0.05, 0.1) is 13.2 Å². The number of aryl methyl sites for hydroxylation is 1. The van der Waals surface area contributed by atoms with Crippen LogP contribution in [0.2, 0.25) is 5.02 Å². The first kappa shape index (κ1) is 17.9. The Labute approximate surface area is 150 Å². The number of sulfonamides is 1. The number of carbonyl (C=O) groups excluding carboxylic acids is 1. The molecule has 1 aliphatic heterocycles. The maximum Gasteiger partial charge on any atom is 0.291 e. The van der Waals surface area contributed by atoms with Crippen molar-refractivity contribution in [3.8, 4) is 0 Å². The second kappa shape index (κ2) is 7.17. The molecule has 2 heterocycles. The molecule has 0 spiro atoms. The zero-order valence-electron chi connectivity index (χ0n) is 13.5. The van der Waals surface area contributed by atoms with Crippen molar-refractivity contribution in [1.82, 2.24) is 4.31 Å². The molecule has 0 aliphatic carbocycles. The third-order valence-electron chi connectivity index (χ3n) is 3.81. The Morgan fingerprint density at radius 1 is 1.20 bits per heavy atom. The average molecular weight is 385 g/mol. The molecular formula is C16H17ClN2O5S. The lowest BCUT2D eigenvalue weighted by atomic mass is 10.2. The Hall–Kier alpha value is -1.87. The highest BCUT2D eigenvalue weighted by Crippen LogP contribution is 2.23. The third kappa shape index (κ3) is 3.87. The number of nitrogens with zero attached hydrogens (tertiary/aromatic N) is 1. The van der Waals surface area contributed by atoms with Crippen molar-refractivity contribution >= 4 is 33.2 Å². The fourth-order valence-corrected chi connectivity index (χ4v) is 3.99. The Balaban J connectivity index is 1.77. The van der Waals surface area contributed by atoms with Gasteiger partial charge in [-0.1, -0.05) is 11.6 Å². The summed E-state index contributed by atoms with van der Waals surface area (Å²) in [6, 6.07) is 7.67. The molecule has 0 unspecified atom stereocenters. The minimum Gasteiger partial charge on any atom is -0.438 e. The van der Waals surface area contributed by atoms with Gasteiger partial charge in [0.1, 0.15) is 0 Å². The maximum absolute atomic E-state index is 12.5. The van der Waals surface area contributed by atoms with Crippen LogP contribution >= 0.6 is 11.6 Å². The van der Waals surface area contributed by atoms with Crippen LogP contribution < -0.4 is 5.32 Å². The number of benzene rings is 1. The van der Waals surface area contributed by atoms with Gasteiger partial charge in [0.25, 0.3) is 15.9 Å². The molecule has 134 valence electrons. The Bertz CT molecular complexity index is 888. The Morgan fingerprint density at radius 3 is 2.60 bits per heavy atom. The third-order valence-corrected chi connectivity index (χ3v) is 5.81. The first-order chi connectivity index (χ1) is 11.9. The minimum atomic E-state index is -3.77. The second-order valence-electron chi connectivity index (χ2n) is 5.55. The molecule has 7 nitrogen and oxygen atoms in total. The normalized spacial score (nSPS) is 15.9. The number of furan rings is 1. The van der Waals surface area contributed by atoms with E-state index >= 15 is 0 Å². The number of hydrogen-bond acceptors (Lipinski definition) is 5. The van der Waals surface area contributed by atoms with E-state index in [1.54, 1.807) is 25.1 Å². The van der Waals surface area contributed by atoms with Crippen molar-refractivity contribution in [2.75, 3.05) is 31.6 Å². The molecule has 25 heavy (non-hydrogen) atoms. The van der Waals surface area contributed by atoms with Crippen molar-refractivity contribution in [1.29, 1.82) is 0 Å². The summed E-state index contributed by atoms with van der Waals surface area (Å²) in [6.45, 7) is 2.99. The zero-order chi connectivity index (χ0) is 18.0. The van der Waals surface area contributed by atoms with Gasteiger partial charge >= 0.3 is 0 Å². The molecule has 1 aromatic carbocycles. The van der Waals surface area contributed by atoms with Gasteiger partial charge in [-0.15, -0.1) is 0 Å². The molecule has 0 bridgehead atoms. The lowest BCUT2D eigenvalue weighted by Crippen LogP contribution is -2.40. The summed E-state index contributed by atoms with van der Waals surface area (Å²) in [4.78, 5) is 12.3. The predicted octanol–water partition coefficient (Wildman–Crippen LogP) is 2.51. The summed E-state index contributed by atoms with van der Waals surface area (Å²) in [5, 5.41) is 2.98. The quantitative estimate of drug-likeness (QED) is 0.874. The number of halogens is 1. The van der Waals surface area contributed by atoms with Crippen molar-refractivity contribution < 1.29 is 22.4 Å². The highest BCUT2D eigenvalue weighted by atomic mass is 35.5. The molecule has 1 aliphatic rings. The van der Waals surface area contributed by atoms with E-state index in [0.29, 0.717) is 23.9 Å². The van der Waals surface area contributed by atoms with E-state index in [-0.39, 0.29) is 23.9 Å². The second-order valence-corrected chi connectivity index (χ2v) is 7.85. The molecule has 1 aromatic heterocycles. The van der Waals surface area contributed by atoms with E-state index < -0.39 is 15.9 Å². The fraction of sp³-hybridized carbons (Fsp3) is 0.312. The molecule has 3 rings (SSSR count). The van der Waals surface area contributed by atoms with Crippen LogP contribution in [0.5, 0.6) is 0 Å². The van der Waals surface area contributed by atoms with Crippen LogP contribution in [-0.2, 0) is 14.8 Å². The van der Waals surface area contributed by atoms with Crippen LogP contribution in [0.3, 0.4) is 0 Å². The van der Waals surface area contributed by atoms with Gasteiger partial charge in [0.15, 0.2) is 5.76 Å². The van der Waals surface area contributed by atoms with Crippen molar-refractivity contribution in [3.63, 3.8) is 0 Å². The molecule has 1 amide bonds. The van der Waals surface area contributed by atoms with Crippen molar-refractivity contribution in [3.05, 3.63) is 46.7 Å². The van der Waals surface area contributed by atoms with E-state index in [0.717, 1.165) is 5.56 Å². The maximum atomic E-state index is 12.5. The zero-order valence-corrected chi connectivity index (χ0v) is 15.1. The van der Waals surface area contributed by atoms with Crippen LogP contribution in [0, 0.1) is 6.92 Å². The van der Waals surface area contributed by atoms with E-state index in [2.05, 4.69) is 5.32 Å². The van der Waals surface area contributed by atoms with Gasteiger partial charge in [0, 0.05) is 23.8 Å². The number of ether oxygens (including phenoxy) is 1. The van der Waals surface area contributed by atoms with Gasteiger partial charge in [-0.2, -0.15) is 4.31 Å². The van der Waals surface area contributed by atoms with Crippen molar-refractivity contribution in [2.24, 2.45) is 0 Å². The predicted molar refractivity (Wildman–Crippen MR) is 92.4 cm³/mol. The molecular weight excluding hydrogens is 368 g/mol. The summed E-state index contributed by atoms with van der Waals surface area (Å²) in [5.74, 6) is -0.616.